The zero-order valence-electron chi connectivity index (χ0n) is 40.6. The van der Waals surface area contributed by atoms with Crippen molar-refractivity contribution in [2.24, 2.45) is 5.41 Å². The van der Waals surface area contributed by atoms with Crippen molar-refractivity contribution in [1.82, 2.24) is 25.5 Å². The average molecular weight is 1030 g/mol. The summed E-state index contributed by atoms with van der Waals surface area (Å²) in [5, 5.41) is 25.4. The minimum absolute atomic E-state index is 0.0370. The molecule has 3 atom stereocenters. The fourth-order valence-electron chi connectivity index (χ4n) is 8.53. The summed E-state index contributed by atoms with van der Waals surface area (Å²) >= 11 is 7.20. The number of carbonyl (C=O) groups excluding carboxylic acids is 4. The number of unbranched alkanes of at least 4 members (excludes halogenated alkanes) is 1. The highest BCUT2D eigenvalue weighted by Crippen LogP contribution is 2.40. The van der Waals surface area contributed by atoms with Crippen molar-refractivity contribution in [3.05, 3.63) is 113 Å². The number of hydrogen-bond donors (Lipinski definition) is 3. The van der Waals surface area contributed by atoms with Crippen LogP contribution >= 0.6 is 23.6 Å². The van der Waals surface area contributed by atoms with Gasteiger partial charge in [-0.3, -0.25) is 24.1 Å². The molecule has 0 bridgehead atoms. The van der Waals surface area contributed by atoms with Gasteiger partial charge >= 0.3 is 6.18 Å². The van der Waals surface area contributed by atoms with E-state index in [1.165, 1.54) is 11.0 Å². The third-order valence-corrected chi connectivity index (χ3v) is 13.8. The first-order valence-corrected chi connectivity index (χ1v) is 24.5. The van der Waals surface area contributed by atoms with E-state index in [1.807, 2.05) is 88.4 Å². The van der Waals surface area contributed by atoms with E-state index in [0.29, 0.717) is 37.0 Å². The molecule has 4 amide bonds. The van der Waals surface area contributed by atoms with Crippen molar-refractivity contribution in [3.8, 4) is 33.4 Å². The standard InChI is InChI=1S/C52H55F3N8O7S2/c1-31-44(72-30-59-31)35-11-9-32(10-12-35)26-58-46(66)42-24-38(64)28-61(42)47(67)45(50(2,3)4)60-43(65)29-69-21-7-8-22-70-39-19-15-34(16-20-39)33-13-17-36(18-14-33)63-49(71)62(48(68)51(63,5)6)37-23-40(52(53,54)55)41(25-56)57-27-37/h9-20,23,27,30,38,42,45,64H,7-8,21-22,24,26,28-29H2,1-6H3,(H,58,66)(H,60,65)/t38-,42+,45?/m1/s1. The molecule has 0 radical (unpaired) electrons. The van der Waals surface area contributed by atoms with Crippen LogP contribution in [0.4, 0.5) is 24.5 Å². The van der Waals surface area contributed by atoms with Gasteiger partial charge in [0.05, 0.1) is 46.2 Å². The lowest BCUT2D eigenvalue weighted by molar-refractivity contribution is -0.144. The second-order valence-electron chi connectivity index (χ2n) is 19.1. The van der Waals surface area contributed by atoms with Crippen molar-refractivity contribution in [1.29, 1.82) is 5.26 Å². The first kappa shape index (κ1) is 53.0. The fraction of sp³-hybridized carbons (Fsp3) is 0.385. The van der Waals surface area contributed by atoms with Crippen LogP contribution in [0.5, 0.6) is 5.75 Å². The van der Waals surface area contributed by atoms with Crippen molar-refractivity contribution in [2.75, 3.05) is 36.2 Å². The van der Waals surface area contributed by atoms with Gasteiger partial charge in [0.1, 0.15) is 36.0 Å². The SMILES string of the molecule is Cc1ncsc1-c1ccc(CNC(=O)[C@@H]2C[C@@H](O)CN2C(=O)C(NC(=O)COCCCCOc2ccc(-c3ccc(N4C(=S)N(c5cnc(C#N)c(C(F)(F)F)c5)C(=O)C4(C)C)cc3)cc2)C(C)(C)C)cc1. The molecule has 7 rings (SSSR count). The molecule has 2 aliphatic rings. The number of aliphatic hydroxyl groups is 1. The number of nitrogens with zero attached hydrogens (tertiary/aromatic N) is 6. The third-order valence-electron chi connectivity index (χ3n) is 12.4. The molecule has 1 unspecified atom stereocenters. The molecule has 15 nitrogen and oxygen atoms in total. The Balaban J connectivity index is 0.841. The molecule has 5 aromatic rings. The maximum atomic E-state index is 14.0. The predicted molar refractivity (Wildman–Crippen MR) is 270 cm³/mol. The topological polar surface area (TPSA) is 190 Å². The van der Waals surface area contributed by atoms with Gasteiger partial charge in [-0.2, -0.15) is 18.4 Å². The third kappa shape index (κ3) is 11.9. The Hall–Kier alpha value is -6.79. The second kappa shape index (κ2) is 21.9. The number of β-amino-alcohol motifs (C(OH)–C–C–N with tert-alkyl or cyclic N) is 1. The Bertz CT molecular complexity index is 2850. The number of benzene rings is 3. The lowest BCUT2D eigenvalue weighted by Crippen LogP contribution is -2.58. The summed E-state index contributed by atoms with van der Waals surface area (Å²) in [5.41, 5.74) is 2.68. The molecule has 2 saturated heterocycles. The molecular formula is C52H55F3N8O7S2. The van der Waals surface area contributed by atoms with Crippen LogP contribution in [-0.2, 0) is 36.6 Å². The van der Waals surface area contributed by atoms with E-state index in [9.17, 15) is 42.7 Å². The number of nitriles is 1. The summed E-state index contributed by atoms with van der Waals surface area (Å²) in [4.78, 5) is 67.1. The molecule has 2 fully saturated rings. The van der Waals surface area contributed by atoms with E-state index in [-0.39, 0.29) is 49.4 Å². The summed E-state index contributed by atoms with van der Waals surface area (Å²) in [7, 11) is 0. The minimum Gasteiger partial charge on any atom is -0.494 e. The molecule has 0 aliphatic carbocycles. The Labute approximate surface area is 425 Å². The lowest BCUT2D eigenvalue weighted by Gasteiger charge is -2.35. The highest BCUT2D eigenvalue weighted by Gasteiger charge is 2.51. The number of halogens is 3. The van der Waals surface area contributed by atoms with Crippen LogP contribution in [-0.4, -0.2) is 98.8 Å². The molecular weight excluding hydrogens is 970 g/mol. The first-order valence-electron chi connectivity index (χ1n) is 23.2. The minimum atomic E-state index is -4.87. The average Bonchev–Trinajstić information content (AvgIpc) is 4.01. The fourth-order valence-corrected chi connectivity index (χ4v) is 9.86. The summed E-state index contributed by atoms with van der Waals surface area (Å²) in [5.74, 6) is -1.25. The van der Waals surface area contributed by atoms with Crippen LogP contribution in [0.25, 0.3) is 21.6 Å². The van der Waals surface area contributed by atoms with Gasteiger partial charge in [-0.1, -0.05) is 69.3 Å². The van der Waals surface area contributed by atoms with E-state index in [2.05, 4.69) is 20.6 Å². The highest BCUT2D eigenvalue weighted by atomic mass is 32.1. The first-order chi connectivity index (χ1) is 34.1. The van der Waals surface area contributed by atoms with Crippen LogP contribution in [0.1, 0.15) is 76.4 Å². The quantitative estimate of drug-likeness (QED) is 0.0603. The van der Waals surface area contributed by atoms with Gasteiger partial charge in [-0.15, -0.1) is 11.3 Å². The highest BCUT2D eigenvalue weighted by molar-refractivity contribution is 7.81. The zero-order valence-corrected chi connectivity index (χ0v) is 42.2. The lowest BCUT2D eigenvalue weighted by atomic mass is 9.85. The number of thiazole rings is 1. The maximum Gasteiger partial charge on any atom is 0.419 e. The number of nitrogens with one attached hydrogen (secondary N) is 2. The number of amides is 4. The number of aromatic nitrogens is 2. The summed E-state index contributed by atoms with van der Waals surface area (Å²) in [6.07, 6.45) is -3.43. The van der Waals surface area contributed by atoms with E-state index in [0.717, 1.165) is 43.9 Å². The molecule has 4 heterocycles. The number of carbonyl (C=O) groups is 4. The Kier molecular flexibility index (Phi) is 16.1. The number of alkyl halides is 3. The molecule has 72 heavy (non-hydrogen) atoms. The van der Waals surface area contributed by atoms with Crippen molar-refractivity contribution in [3.63, 3.8) is 0 Å². The number of thiocarbonyl (C=S) groups is 1. The summed E-state index contributed by atoms with van der Waals surface area (Å²) < 4.78 is 52.8. The molecule has 0 saturated carbocycles. The van der Waals surface area contributed by atoms with Gasteiger partial charge in [0.2, 0.25) is 17.7 Å². The molecule has 3 N–H and O–H groups in total. The number of anilines is 2. The van der Waals surface area contributed by atoms with Crippen molar-refractivity contribution in [2.45, 2.75) is 97.3 Å². The van der Waals surface area contributed by atoms with Gasteiger partial charge < -0.3 is 35.0 Å². The number of pyridine rings is 1. The second-order valence-corrected chi connectivity index (χ2v) is 20.4. The van der Waals surface area contributed by atoms with Crippen molar-refractivity contribution >= 4 is 63.7 Å². The van der Waals surface area contributed by atoms with Gasteiger partial charge in [0.25, 0.3) is 5.91 Å². The molecule has 2 aliphatic heterocycles. The van der Waals surface area contributed by atoms with Crippen LogP contribution in [0.3, 0.4) is 0 Å². The van der Waals surface area contributed by atoms with Gasteiger partial charge in [-0.05, 0) is 104 Å². The maximum absolute atomic E-state index is 14.0. The number of likely N-dealkylation sites (tertiary alicyclic amines) is 1. The van der Waals surface area contributed by atoms with E-state index in [1.54, 1.807) is 47.7 Å². The van der Waals surface area contributed by atoms with E-state index < -0.39 is 64.3 Å². The Morgan fingerprint density at radius 1 is 0.958 bits per heavy atom. The number of aryl methyl sites for hydroxylation is 1. The summed E-state index contributed by atoms with van der Waals surface area (Å²) in [6.45, 7) is 11.2. The Morgan fingerprint density at radius 3 is 2.21 bits per heavy atom. The molecule has 0 spiro atoms. The van der Waals surface area contributed by atoms with Gasteiger partial charge in [-0.25, -0.2) is 9.97 Å². The van der Waals surface area contributed by atoms with Gasteiger partial charge in [0, 0.05) is 31.8 Å². The van der Waals surface area contributed by atoms with Crippen molar-refractivity contribution < 1.29 is 46.9 Å². The van der Waals surface area contributed by atoms with E-state index in [4.69, 9.17) is 21.7 Å². The van der Waals surface area contributed by atoms with Crippen LogP contribution in [0.2, 0.25) is 0 Å². The molecule has 378 valence electrons. The number of hydrogen-bond acceptors (Lipinski definition) is 12. The summed E-state index contributed by atoms with van der Waals surface area (Å²) in [6, 6.07) is 22.7. The van der Waals surface area contributed by atoms with E-state index >= 15 is 0 Å². The number of aliphatic hydroxyl groups excluding tert-OH is 1. The predicted octanol–water partition coefficient (Wildman–Crippen LogP) is 7.97. The number of ether oxygens (including phenoxy) is 2. The normalized spacial score (nSPS) is 17.2. The molecule has 2 aromatic heterocycles. The number of rotatable bonds is 17. The largest absolute Gasteiger partial charge is 0.494 e. The van der Waals surface area contributed by atoms with Gasteiger partial charge in [0.15, 0.2) is 10.8 Å². The molecule has 20 heteroatoms. The monoisotopic (exact) mass is 1020 g/mol. The Morgan fingerprint density at radius 2 is 1.60 bits per heavy atom. The van der Waals surface area contributed by atoms with Crippen LogP contribution in [0.15, 0.2) is 90.6 Å². The smallest absolute Gasteiger partial charge is 0.419 e. The molecule has 3 aromatic carbocycles. The van der Waals surface area contributed by atoms with Crippen LogP contribution in [0, 0.1) is 23.7 Å². The zero-order chi connectivity index (χ0) is 52.1. The van der Waals surface area contributed by atoms with Crippen LogP contribution < -0.4 is 25.2 Å².